The SMILES string of the molecule is CCC(CC)(OC)C(Cc1c(F)ccc(Br)c1F)NC. The lowest BCUT2D eigenvalue weighted by Crippen LogP contribution is -2.51. The quantitative estimate of drug-likeness (QED) is 0.749. The smallest absolute Gasteiger partial charge is 0.143 e. The molecule has 5 heteroatoms. The van der Waals surface area contributed by atoms with Gasteiger partial charge in [-0.2, -0.15) is 0 Å². The van der Waals surface area contributed by atoms with Crippen molar-refractivity contribution in [3.8, 4) is 0 Å². The molecule has 0 aliphatic carbocycles. The van der Waals surface area contributed by atoms with Crippen molar-refractivity contribution in [1.29, 1.82) is 0 Å². The summed E-state index contributed by atoms with van der Waals surface area (Å²) in [6, 6.07) is 2.49. The van der Waals surface area contributed by atoms with E-state index in [4.69, 9.17) is 4.74 Å². The summed E-state index contributed by atoms with van der Waals surface area (Å²) in [5.41, 5.74) is -0.349. The van der Waals surface area contributed by atoms with Crippen molar-refractivity contribution in [2.24, 2.45) is 0 Å². The van der Waals surface area contributed by atoms with Gasteiger partial charge in [-0.15, -0.1) is 0 Å². The largest absolute Gasteiger partial charge is 0.377 e. The van der Waals surface area contributed by atoms with Crippen molar-refractivity contribution >= 4 is 15.9 Å². The summed E-state index contributed by atoms with van der Waals surface area (Å²) in [6.45, 7) is 4.04. The average molecular weight is 350 g/mol. The molecule has 0 saturated heterocycles. The number of nitrogens with one attached hydrogen (secondary N) is 1. The third-order valence-corrected chi connectivity index (χ3v) is 4.75. The van der Waals surface area contributed by atoms with Gasteiger partial charge in [-0.3, -0.25) is 0 Å². The lowest BCUT2D eigenvalue weighted by Gasteiger charge is -2.38. The van der Waals surface area contributed by atoms with Crippen molar-refractivity contribution in [3.63, 3.8) is 0 Å². The predicted molar refractivity (Wildman–Crippen MR) is 80.9 cm³/mol. The minimum Gasteiger partial charge on any atom is -0.377 e. The molecular formula is C15H22BrF2NO. The van der Waals surface area contributed by atoms with Crippen molar-refractivity contribution in [2.45, 2.75) is 44.8 Å². The molecule has 20 heavy (non-hydrogen) atoms. The van der Waals surface area contributed by atoms with Crippen molar-refractivity contribution in [3.05, 3.63) is 33.8 Å². The Morgan fingerprint density at radius 1 is 1.30 bits per heavy atom. The number of ether oxygens (including phenoxy) is 1. The van der Waals surface area contributed by atoms with E-state index < -0.39 is 17.2 Å². The van der Waals surface area contributed by atoms with E-state index >= 15 is 0 Å². The first-order valence-corrected chi connectivity index (χ1v) is 7.59. The van der Waals surface area contributed by atoms with E-state index in [9.17, 15) is 8.78 Å². The van der Waals surface area contributed by atoms with Crippen molar-refractivity contribution in [1.82, 2.24) is 5.32 Å². The van der Waals surface area contributed by atoms with E-state index in [-0.39, 0.29) is 22.5 Å². The molecule has 1 rings (SSSR count). The number of hydrogen-bond acceptors (Lipinski definition) is 2. The third kappa shape index (κ3) is 3.38. The molecule has 0 amide bonds. The van der Waals surface area contributed by atoms with E-state index in [0.29, 0.717) is 0 Å². The molecule has 0 bridgehead atoms. The van der Waals surface area contributed by atoms with E-state index in [2.05, 4.69) is 21.2 Å². The summed E-state index contributed by atoms with van der Waals surface area (Å²) in [4.78, 5) is 0. The zero-order valence-corrected chi connectivity index (χ0v) is 14.0. The highest BCUT2D eigenvalue weighted by atomic mass is 79.9. The Labute approximate surface area is 128 Å². The molecule has 1 aromatic rings. The minimum atomic E-state index is -0.539. The summed E-state index contributed by atoms with van der Waals surface area (Å²) < 4.78 is 33.9. The number of likely N-dealkylation sites (N-methyl/N-ethyl adjacent to an activating group) is 1. The molecule has 0 aliphatic rings. The van der Waals surface area contributed by atoms with Crippen molar-refractivity contribution < 1.29 is 13.5 Å². The van der Waals surface area contributed by atoms with Gasteiger partial charge in [-0.05, 0) is 54.4 Å². The second-order valence-electron chi connectivity index (χ2n) is 4.84. The van der Waals surface area contributed by atoms with E-state index in [1.807, 2.05) is 13.8 Å². The van der Waals surface area contributed by atoms with Gasteiger partial charge in [0, 0.05) is 18.7 Å². The van der Waals surface area contributed by atoms with Gasteiger partial charge >= 0.3 is 0 Å². The van der Waals surface area contributed by atoms with Gasteiger partial charge in [0.1, 0.15) is 11.6 Å². The highest BCUT2D eigenvalue weighted by Gasteiger charge is 2.36. The Morgan fingerprint density at radius 3 is 2.35 bits per heavy atom. The fourth-order valence-electron chi connectivity index (χ4n) is 2.69. The van der Waals surface area contributed by atoms with Crippen LogP contribution in [0.4, 0.5) is 8.78 Å². The van der Waals surface area contributed by atoms with Crippen LogP contribution in [-0.2, 0) is 11.2 Å². The molecule has 1 aromatic carbocycles. The topological polar surface area (TPSA) is 21.3 Å². The van der Waals surface area contributed by atoms with Gasteiger partial charge < -0.3 is 10.1 Å². The van der Waals surface area contributed by atoms with E-state index in [0.717, 1.165) is 12.8 Å². The molecule has 0 aromatic heterocycles. The minimum absolute atomic E-state index is 0.0852. The summed E-state index contributed by atoms with van der Waals surface area (Å²) in [7, 11) is 3.43. The zero-order valence-electron chi connectivity index (χ0n) is 12.4. The Morgan fingerprint density at radius 2 is 1.90 bits per heavy atom. The van der Waals surface area contributed by atoms with E-state index in [1.165, 1.54) is 12.1 Å². The number of benzene rings is 1. The average Bonchev–Trinajstić information content (AvgIpc) is 2.47. The Kier molecular flexibility index (Phi) is 6.55. The van der Waals surface area contributed by atoms with Crippen LogP contribution in [0, 0.1) is 11.6 Å². The van der Waals surface area contributed by atoms with Crippen molar-refractivity contribution in [2.75, 3.05) is 14.2 Å². The number of methoxy groups -OCH3 is 1. The number of hydrogen-bond donors (Lipinski definition) is 1. The van der Waals surface area contributed by atoms with Crippen LogP contribution in [0.25, 0.3) is 0 Å². The van der Waals surface area contributed by atoms with Crippen LogP contribution in [0.3, 0.4) is 0 Å². The second kappa shape index (κ2) is 7.48. The monoisotopic (exact) mass is 349 g/mol. The van der Waals surface area contributed by atoms with Gasteiger partial charge in [0.25, 0.3) is 0 Å². The Hall–Kier alpha value is -0.520. The summed E-state index contributed by atoms with van der Waals surface area (Å²) in [5, 5.41) is 3.14. The standard InChI is InChI=1S/C15H22BrF2NO/c1-5-15(6-2,20-4)13(19-3)9-10-12(17)8-7-11(16)14(10)18/h7-8,13,19H,5-6,9H2,1-4H3. The maximum Gasteiger partial charge on any atom is 0.143 e. The maximum atomic E-state index is 14.1. The Bertz CT molecular complexity index is 441. The van der Waals surface area contributed by atoms with Crippen LogP contribution in [0.2, 0.25) is 0 Å². The van der Waals surface area contributed by atoms with Crippen LogP contribution < -0.4 is 5.32 Å². The first-order chi connectivity index (χ1) is 9.45. The van der Waals surface area contributed by atoms with Crippen LogP contribution >= 0.6 is 15.9 Å². The number of halogens is 3. The molecule has 114 valence electrons. The fourth-order valence-corrected chi connectivity index (χ4v) is 3.06. The Balaban J connectivity index is 3.14. The molecule has 0 saturated carbocycles. The molecule has 0 aliphatic heterocycles. The van der Waals surface area contributed by atoms with Crippen LogP contribution in [0.15, 0.2) is 16.6 Å². The molecule has 0 spiro atoms. The molecule has 1 unspecified atom stereocenters. The van der Waals surface area contributed by atoms with Crippen LogP contribution in [0.1, 0.15) is 32.3 Å². The lowest BCUT2D eigenvalue weighted by molar-refractivity contribution is -0.0457. The van der Waals surface area contributed by atoms with Gasteiger partial charge in [0.2, 0.25) is 0 Å². The van der Waals surface area contributed by atoms with Crippen LogP contribution in [0.5, 0.6) is 0 Å². The molecule has 0 heterocycles. The zero-order chi connectivity index (χ0) is 15.3. The second-order valence-corrected chi connectivity index (χ2v) is 5.70. The molecular weight excluding hydrogens is 328 g/mol. The first kappa shape index (κ1) is 17.5. The van der Waals surface area contributed by atoms with Gasteiger partial charge in [0.05, 0.1) is 10.1 Å². The molecule has 1 atom stereocenters. The summed E-state index contributed by atoms with van der Waals surface area (Å²) >= 11 is 3.10. The highest BCUT2D eigenvalue weighted by molar-refractivity contribution is 9.10. The normalized spacial score (nSPS) is 13.6. The summed E-state index contributed by atoms with van der Waals surface area (Å²) in [5.74, 6) is -1.06. The molecule has 0 fully saturated rings. The van der Waals surface area contributed by atoms with Gasteiger partial charge in [-0.25, -0.2) is 8.78 Å². The highest BCUT2D eigenvalue weighted by Crippen LogP contribution is 2.29. The first-order valence-electron chi connectivity index (χ1n) is 6.80. The fraction of sp³-hybridized carbons (Fsp3) is 0.600. The molecule has 2 nitrogen and oxygen atoms in total. The summed E-state index contributed by atoms with van der Waals surface area (Å²) in [6.07, 6.45) is 1.77. The number of rotatable bonds is 7. The third-order valence-electron chi connectivity index (χ3n) is 4.13. The lowest BCUT2D eigenvalue weighted by atomic mass is 9.84. The maximum absolute atomic E-state index is 14.1. The van der Waals surface area contributed by atoms with Gasteiger partial charge in [0.15, 0.2) is 0 Å². The van der Waals surface area contributed by atoms with E-state index in [1.54, 1.807) is 14.2 Å². The predicted octanol–water partition coefficient (Wildman–Crippen LogP) is 4.06. The molecule has 1 N–H and O–H groups in total. The van der Waals surface area contributed by atoms with Crippen LogP contribution in [-0.4, -0.2) is 25.8 Å². The van der Waals surface area contributed by atoms with Gasteiger partial charge in [-0.1, -0.05) is 13.8 Å². The molecule has 0 radical (unpaired) electrons.